The van der Waals surface area contributed by atoms with E-state index < -0.39 is 0 Å². The minimum Gasteiger partial charge on any atom is -0.468 e. The first-order valence-corrected chi connectivity index (χ1v) is 6.65. The predicted octanol–water partition coefficient (Wildman–Crippen LogP) is 1.87. The van der Waals surface area contributed by atoms with Crippen molar-refractivity contribution in [1.82, 2.24) is 5.32 Å². The average Bonchev–Trinajstić information content (AvgIpc) is 2.86. The molecule has 0 amide bonds. The molecule has 1 N–H and O–H groups in total. The molecule has 1 saturated heterocycles. The zero-order chi connectivity index (χ0) is 13.0. The van der Waals surface area contributed by atoms with Gasteiger partial charge in [0.1, 0.15) is 6.04 Å². The number of methoxy groups -OCH3 is 1. The number of hydrogen-bond acceptors (Lipinski definition) is 4. The zero-order valence-electron chi connectivity index (χ0n) is 10.2. The number of rotatable bonds is 4. The maximum absolute atomic E-state index is 11.3. The summed E-state index contributed by atoms with van der Waals surface area (Å²) in [5, 5.41) is 3.10. The molecule has 5 heteroatoms. The van der Waals surface area contributed by atoms with Crippen LogP contribution in [0.2, 0.25) is 0 Å². The molecule has 0 aliphatic carbocycles. The third kappa shape index (κ3) is 3.54. The Morgan fingerprint density at radius 2 is 2.17 bits per heavy atom. The highest BCUT2D eigenvalue weighted by Gasteiger charge is 2.30. The highest BCUT2D eigenvalue weighted by molar-refractivity contribution is 9.10. The van der Waals surface area contributed by atoms with Crippen LogP contribution in [0.5, 0.6) is 0 Å². The third-order valence-electron chi connectivity index (χ3n) is 2.98. The molecule has 0 radical (unpaired) electrons. The Labute approximate surface area is 115 Å². The van der Waals surface area contributed by atoms with Crippen LogP contribution in [-0.4, -0.2) is 31.8 Å². The Kier molecular flexibility index (Phi) is 4.74. The van der Waals surface area contributed by atoms with Crippen LogP contribution in [0.1, 0.15) is 12.0 Å². The minimum absolute atomic E-state index is 0.0674. The summed E-state index contributed by atoms with van der Waals surface area (Å²) in [6, 6.07) is 7.78. The van der Waals surface area contributed by atoms with Gasteiger partial charge in [-0.25, -0.2) is 0 Å². The Hall–Kier alpha value is -0.910. The van der Waals surface area contributed by atoms with Crippen LogP contribution in [0.3, 0.4) is 0 Å². The second-order valence-electron chi connectivity index (χ2n) is 4.28. The first kappa shape index (κ1) is 13.5. The number of carbonyl (C=O) groups is 1. The highest BCUT2D eigenvalue weighted by atomic mass is 79.9. The lowest BCUT2D eigenvalue weighted by Crippen LogP contribution is -2.31. The molecule has 98 valence electrons. The van der Waals surface area contributed by atoms with Gasteiger partial charge in [0, 0.05) is 17.4 Å². The lowest BCUT2D eigenvalue weighted by atomic mass is 10.2. The van der Waals surface area contributed by atoms with Crippen molar-refractivity contribution in [2.45, 2.75) is 25.2 Å². The van der Waals surface area contributed by atoms with Crippen molar-refractivity contribution in [2.24, 2.45) is 0 Å². The second kappa shape index (κ2) is 6.31. The largest absolute Gasteiger partial charge is 0.468 e. The van der Waals surface area contributed by atoms with Crippen molar-refractivity contribution < 1.29 is 14.3 Å². The van der Waals surface area contributed by atoms with Crippen LogP contribution in [-0.2, 0) is 20.9 Å². The molecule has 0 saturated carbocycles. The normalized spacial score (nSPS) is 23.0. The van der Waals surface area contributed by atoms with Gasteiger partial charge >= 0.3 is 5.97 Å². The molecule has 1 aliphatic rings. The lowest BCUT2D eigenvalue weighted by Gasteiger charge is -2.11. The zero-order valence-corrected chi connectivity index (χ0v) is 11.8. The standard InChI is InChI=1S/C13H16BrNO3/c1-17-13(16)12-6-11(7-15-12)18-8-9-2-4-10(14)5-3-9/h2-5,11-12,15H,6-8H2,1H3/t11-,12+/m1/s1. The van der Waals surface area contributed by atoms with Gasteiger partial charge in [-0.1, -0.05) is 28.1 Å². The van der Waals surface area contributed by atoms with Gasteiger partial charge in [-0.15, -0.1) is 0 Å². The van der Waals surface area contributed by atoms with Crippen molar-refractivity contribution in [3.8, 4) is 0 Å². The van der Waals surface area contributed by atoms with Crippen LogP contribution < -0.4 is 5.32 Å². The van der Waals surface area contributed by atoms with E-state index in [4.69, 9.17) is 9.47 Å². The van der Waals surface area contributed by atoms with E-state index in [9.17, 15) is 4.79 Å². The van der Waals surface area contributed by atoms with Gasteiger partial charge in [0.05, 0.1) is 19.8 Å². The second-order valence-corrected chi connectivity index (χ2v) is 5.19. The number of carbonyl (C=O) groups excluding carboxylic acids is 1. The van der Waals surface area contributed by atoms with Crippen LogP contribution in [0.15, 0.2) is 28.7 Å². The molecular weight excluding hydrogens is 298 g/mol. The van der Waals surface area contributed by atoms with E-state index in [-0.39, 0.29) is 18.1 Å². The molecule has 0 aromatic heterocycles. The van der Waals surface area contributed by atoms with Crippen LogP contribution in [0.4, 0.5) is 0 Å². The summed E-state index contributed by atoms with van der Waals surface area (Å²) in [4.78, 5) is 11.3. The summed E-state index contributed by atoms with van der Waals surface area (Å²) in [6.07, 6.45) is 0.737. The number of hydrogen-bond donors (Lipinski definition) is 1. The van der Waals surface area contributed by atoms with Crippen molar-refractivity contribution >= 4 is 21.9 Å². The first-order chi connectivity index (χ1) is 8.69. The third-order valence-corrected chi connectivity index (χ3v) is 3.50. The number of ether oxygens (including phenoxy) is 2. The maximum atomic E-state index is 11.3. The van der Waals surface area contributed by atoms with Crippen molar-refractivity contribution in [1.29, 1.82) is 0 Å². The molecule has 0 spiro atoms. The molecule has 2 rings (SSSR count). The molecule has 1 aromatic rings. The number of nitrogens with one attached hydrogen (secondary N) is 1. The smallest absolute Gasteiger partial charge is 0.322 e. The maximum Gasteiger partial charge on any atom is 0.322 e. The molecule has 0 unspecified atom stereocenters. The number of halogens is 1. The summed E-state index contributed by atoms with van der Waals surface area (Å²) in [7, 11) is 1.40. The fourth-order valence-electron chi connectivity index (χ4n) is 1.95. The van der Waals surface area contributed by atoms with E-state index >= 15 is 0 Å². The van der Waals surface area contributed by atoms with E-state index in [1.807, 2.05) is 24.3 Å². The van der Waals surface area contributed by atoms with Crippen LogP contribution in [0, 0.1) is 0 Å². The fourth-order valence-corrected chi connectivity index (χ4v) is 2.21. The first-order valence-electron chi connectivity index (χ1n) is 5.86. The highest BCUT2D eigenvalue weighted by Crippen LogP contribution is 2.15. The molecule has 18 heavy (non-hydrogen) atoms. The van der Waals surface area contributed by atoms with E-state index in [1.165, 1.54) is 7.11 Å². The van der Waals surface area contributed by atoms with Gasteiger partial charge in [-0.05, 0) is 17.7 Å². The van der Waals surface area contributed by atoms with E-state index in [0.29, 0.717) is 19.6 Å². The lowest BCUT2D eigenvalue weighted by molar-refractivity contribution is -0.142. The van der Waals surface area contributed by atoms with E-state index in [2.05, 4.69) is 21.2 Å². The molecular formula is C13H16BrNO3. The molecule has 1 aromatic carbocycles. The van der Waals surface area contributed by atoms with Crippen LogP contribution in [0.25, 0.3) is 0 Å². The summed E-state index contributed by atoms with van der Waals surface area (Å²) >= 11 is 3.39. The molecule has 4 nitrogen and oxygen atoms in total. The summed E-state index contributed by atoms with van der Waals surface area (Å²) in [6.45, 7) is 1.25. The molecule has 0 bridgehead atoms. The average molecular weight is 314 g/mol. The molecule has 1 heterocycles. The summed E-state index contributed by atoms with van der Waals surface area (Å²) in [5.41, 5.74) is 1.12. The van der Waals surface area contributed by atoms with Gasteiger partial charge in [0.15, 0.2) is 0 Å². The predicted molar refractivity (Wildman–Crippen MR) is 71.1 cm³/mol. The Bertz CT molecular complexity index is 407. The summed E-state index contributed by atoms with van der Waals surface area (Å²) in [5.74, 6) is -0.218. The Balaban J connectivity index is 1.78. The van der Waals surface area contributed by atoms with Gasteiger partial charge < -0.3 is 14.8 Å². The molecule has 1 fully saturated rings. The quantitative estimate of drug-likeness (QED) is 0.862. The van der Waals surface area contributed by atoms with Crippen molar-refractivity contribution in [2.75, 3.05) is 13.7 Å². The van der Waals surface area contributed by atoms with Gasteiger partial charge in [0.2, 0.25) is 0 Å². The summed E-state index contributed by atoms with van der Waals surface area (Å²) < 4.78 is 11.5. The van der Waals surface area contributed by atoms with Crippen LogP contribution >= 0.6 is 15.9 Å². The topological polar surface area (TPSA) is 47.6 Å². The Morgan fingerprint density at radius 3 is 2.83 bits per heavy atom. The van der Waals surface area contributed by atoms with Gasteiger partial charge in [0.25, 0.3) is 0 Å². The van der Waals surface area contributed by atoms with E-state index in [0.717, 1.165) is 10.0 Å². The monoisotopic (exact) mass is 313 g/mol. The van der Waals surface area contributed by atoms with Crippen molar-refractivity contribution in [3.05, 3.63) is 34.3 Å². The van der Waals surface area contributed by atoms with Crippen molar-refractivity contribution in [3.63, 3.8) is 0 Å². The molecule has 1 aliphatic heterocycles. The van der Waals surface area contributed by atoms with Gasteiger partial charge in [-0.3, -0.25) is 4.79 Å². The fraction of sp³-hybridized carbons (Fsp3) is 0.462. The van der Waals surface area contributed by atoms with Gasteiger partial charge in [-0.2, -0.15) is 0 Å². The Morgan fingerprint density at radius 1 is 1.44 bits per heavy atom. The minimum atomic E-state index is -0.232. The number of benzene rings is 1. The molecule has 2 atom stereocenters. The van der Waals surface area contributed by atoms with E-state index in [1.54, 1.807) is 0 Å². The SMILES string of the molecule is COC(=O)[C@@H]1C[C@@H](OCc2ccc(Br)cc2)CN1. The number of esters is 1.